The molecule has 0 atom stereocenters. The Labute approximate surface area is 194 Å². The van der Waals surface area contributed by atoms with Crippen molar-refractivity contribution in [1.82, 2.24) is 0 Å². The van der Waals surface area contributed by atoms with Gasteiger partial charge in [0, 0.05) is 6.42 Å². The number of nitrogens with zero attached hydrogens (tertiary/aromatic N) is 1. The van der Waals surface area contributed by atoms with E-state index >= 15 is 0 Å². The number of amides is 1. The van der Waals surface area contributed by atoms with Gasteiger partial charge in [-0.05, 0) is 59.7 Å². The summed E-state index contributed by atoms with van der Waals surface area (Å²) < 4.78 is 16.4. The molecule has 0 saturated heterocycles. The van der Waals surface area contributed by atoms with Gasteiger partial charge in [0.25, 0.3) is 5.91 Å². The first-order chi connectivity index (χ1) is 15.7. The highest BCUT2D eigenvalue weighted by molar-refractivity contribution is 6.00. The summed E-state index contributed by atoms with van der Waals surface area (Å²) in [7, 11) is 1.43. The summed E-state index contributed by atoms with van der Waals surface area (Å²) in [5, 5.41) is 8.96. The van der Waals surface area contributed by atoms with E-state index in [9.17, 15) is 9.59 Å². The molecule has 0 aliphatic rings. The van der Waals surface area contributed by atoms with Crippen LogP contribution in [0.2, 0.25) is 0 Å². The number of hydrogen-bond acceptors (Lipinski definition) is 6. The zero-order chi connectivity index (χ0) is 24.4. The van der Waals surface area contributed by atoms with Crippen molar-refractivity contribution >= 4 is 18.0 Å². The molecule has 0 spiro atoms. The molecule has 0 unspecified atom stereocenters. The topological polar surface area (TPSA) is 112 Å². The lowest BCUT2D eigenvalue weighted by atomic mass is 9.82. The number of primary amides is 1. The van der Waals surface area contributed by atoms with Crippen molar-refractivity contribution in [3.8, 4) is 23.3 Å². The zero-order valence-corrected chi connectivity index (χ0v) is 19.5. The molecule has 0 aliphatic carbocycles. The molecule has 174 valence electrons. The lowest BCUT2D eigenvalue weighted by molar-refractivity contribution is -0.134. The second kappa shape index (κ2) is 11.7. The Morgan fingerprint density at radius 1 is 1.12 bits per heavy atom. The van der Waals surface area contributed by atoms with E-state index in [1.54, 1.807) is 18.2 Å². The van der Waals surface area contributed by atoms with Crippen LogP contribution in [0.4, 0.5) is 0 Å². The summed E-state index contributed by atoms with van der Waals surface area (Å²) >= 11 is 0. The summed E-state index contributed by atoms with van der Waals surface area (Å²) in [6, 6.07) is 14.5. The van der Waals surface area contributed by atoms with Crippen LogP contribution < -0.4 is 19.9 Å². The number of rotatable bonds is 11. The van der Waals surface area contributed by atoms with Crippen LogP contribution in [-0.4, -0.2) is 25.6 Å². The Bertz CT molecular complexity index is 1050. The molecular formula is C26H30N2O5. The molecule has 0 aromatic heterocycles. The van der Waals surface area contributed by atoms with Gasteiger partial charge < -0.3 is 19.9 Å². The number of carbonyl (C=O) groups is 2. The monoisotopic (exact) mass is 450 g/mol. The van der Waals surface area contributed by atoms with Crippen LogP contribution in [0.5, 0.6) is 17.2 Å². The lowest BCUT2D eigenvalue weighted by Crippen LogP contribution is -2.15. The molecule has 0 heterocycles. The number of carbonyl (C=O) groups excluding carboxylic acids is 2. The number of ether oxygens (including phenoxy) is 3. The van der Waals surface area contributed by atoms with E-state index in [0.29, 0.717) is 24.3 Å². The first kappa shape index (κ1) is 25.5. The first-order valence-electron chi connectivity index (χ1n) is 10.7. The molecule has 0 radical (unpaired) electrons. The van der Waals surface area contributed by atoms with Gasteiger partial charge in [0.05, 0.1) is 13.7 Å². The minimum absolute atomic E-state index is 0.123. The molecular weight excluding hydrogens is 420 g/mol. The van der Waals surface area contributed by atoms with Crippen LogP contribution in [0.3, 0.4) is 0 Å². The highest BCUT2D eigenvalue weighted by atomic mass is 16.6. The van der Waals surface area contributed by atoms with Crippen molar-refractivity contribution in [3.05, 3.63) is 59.2 Å². The fourth-order valence-corrected chi connectivity index (χ4v) is 2.97. The van der Waals surface area contributed by atoms with Crippen LogP contribution in [0.1, 0.15) is 51.2 Å². The number of nitrogens with two attached hydrogens (primary N) is 1. The van der Waals surface area contributed by atoms with E-state index in [-0.39, 0.29) is 23.2 Å². The normalized spacial score (nSPS) is 11.4. The third-order valence-electron chi connectivity index (χ3n) is 5.42. The van der Waals surface area contributed by atoms with Crippen molar-refractivity contribution in [2.75, 3.05) is 13.7 Å². The number of benzene rings is 2. The molecule has 7 heteroatoms. The minimum Gasteiger partial charge on any atom is -0.494 e. The quantitative estimate of drug-likeness (QED) is 0.177. The third-order valence-corrected chi connectivity index (χ3v) is 5.42. The Morgan fingerprint density at radius 3 is 2.39 bits per heavy atom. The van der Waals surface area contributed by atoms with Gasteiger partial charge in [0.2, 0.25) is 0 Å². The van der Waals surface area contributed by atoms with Crippen LogP contribution >= 0.6 is 0 Å². The molecule has 33 heavy (non-hydrogen) atoms. The van der Waals surface area contributed by atoms with Crippen LogP contribution in [0, 0.1) is 11.3 Å². The average Bonchev–Trinajstić information content (AvgIpc) is 2.81. The summed E-state index contributed by atoms with van der Waals surface area (Å²) in [4.78, 5) is 23.4. The summed E-state index contributed by atoms with van der Waals surface area (Å²) in [5.41, 5.74) is 6.86. The van der Waals surface area contributed by atoms with Gasteiger partial charge in [0.1, 0.15) is 17.4 Å². The van der Waals surface area contributed by atoms with Crippen LogP contribution in [0.15, 0.2) is 48.0 Å². The number of esters is 1. The van der Waals surface area contributed by atoms with Gasteiger partial charge in [0.15, 0.2) is 11.5 Å². The molecule has 0 saturated carbocycles. The summed E-state index contributed by atoms with van der Waals surface area (Å²) in [6.45, 7) is 6.96. The van der Waals surface area contributed by atoms with Crippen molar-refractivity contribution < 1.29 is 23.8 Å². The number of nitriles is 1. The molecule has 0 bridgehead atoms. The molecule has 1 amide bonds. The maximum absolute atomic E-state index is 12.2. The maximum Gasteiger partial charge on any atom is 0.311 e. The van der Waals surface area contributed by atoms with Crippen molar-refractivity contribution in [3.63, 3.8) is 0 Å². The average molecular weight is 451 g/mol. The fraction of sp³-hybridized carbons (Fsp3) is 0.346. The van der Waals surface area contributed by atoms with Crippen LogP contribution in [0.25, 0.3) is 6.08 Å². The first-order valence-corrected chi connectivity index (χ1v) is 10.7. The summed E-state index contributed by atoms with van der Waals surface area (Å²) in [5.74, 6) is 0.0551. The summed E-state index contributed by atoms with van der Waals surface area (Å²) in [6.07, 6.45) is 3.05. The van der Waals surface area contributed by atoms with Crippen molar-refractivity contribution in [2.24, 2.45) is 5.73 Å². The molecule has 2 aromatic carbocycles. The van der Waals surface area contributed by atoms with E-state index in [4.69, 9.17) is 25.2 Å². The molecule has 7 nitrogen and oxygen atoms in total. The highest BCUT2D eigenvalue weighted by Crippen LogP contribution is 2.30. The van der Waals surface area contributed by atoms with Gasteiger partial charge in [-0.15, -0.1) is 0 Å². The largest absolute Gasteiger partial charge is 0.494 e. The fourth-order valence-electron chi connectivity index (χ4n) is 2.97. The highest BCUT2D eigenvalue weighted by Gasteiger charge is 2.17. The molecule has 2 aromatic rings. The zero-order valence-electron chi connectivity index (χ0n) is 19.5. The molecule has 0 aliphatic heterocycles. The minimum atomic E-state index is -0.824. The molecule has 0 fully saturated rings. The van der Waals surface area contributed by atoms with Gasteiger partial charge >= 0.3 is 5.97 Å². The Balaban J connectivity index is 1.88. The predicted octanol–water partition coefficient (Wildman–Crippen LogP) is 4.54. The van der Waals surface area contributed by atoms with Gasteiger partial charge in [-0.25, -0.2) is 0 Å². The van der Waals surface area contributed by atoms with Crippen LogP contribution in [-0.2, 0) is 15.0 Å². The van der Waals surface area contributed by atoms with Crippen molar-refractivity contribution in [2.45, 2.75) is 45.4 Å². The van der Waals surface area contributed by atoms with Gasteiger partial charge in [-0.3, -0.25) is 9.59 Å². The number of methoxy groups -OCH3 is 1. The second-order valence-electron chi connectivity index (χ2n) is 8.13. The Hall–Kier alpha value is -3.79. The van der Waals surface area contributed by atoms with Crippen molar-refractivity contribution in [1.29, 1.82) is 5.26 Å². The standard InChI is InChI=1S/C26H30N2O5/c1-5-26(2,3)20-9-11-21(12-10-20)32-14-6-7-24(29)33-22-13-8-18(16-23(22)31-4)15-19(17-27)25(28)30/h8-13,15-16H,5-7,14H2,1-4H3,(H2,28,30)/b19-15+. The van der Waals surface area contributed by atoms with E-state index in [1.165, 1.54) is 24.8 Å². The van der Waals surface area contributed by atoms with E-state index < -0.39 is 11.9 Å². The smallest absolute Gasteiger partial charge is 0.311 e. The molecule has 2 N–H and O–H groups in total. The van der Waals surface area contributed by atoms with E-state index in [0.717, 1.165) is 12.2 Å². The second-order valence-corrected chi connectivity index (χ2v) is 8.13. The molecule has 2 rings (SSSR count). The van der Waals surface area contributed by atoms with E-state index in [1.807, 2.05) is 12.1 Å². The third kappa shape index (κ3) is 7.39. The van der Waals surface area contributed by atoms with Gasteiger partial charge in [-0.1, -0.05) is 39.0 Å². The maximum atomic E-state index is 12.2. The van der Waals surface area contributed by atoms with Gasteiger partial charge in [-0.2, -0.15) is 5.26 Å². The Morgan fingerprint density at radius 2 is 1.82 bits per heavy atom. The Kier molecular flexibility index (Phi) is 9.05. The number of hydrogen-bond donors (Lipinski definition) is 1. The SMILES string of the molecule is CCC(C)(C)c1ccc(OCCCC(=O)Oc2ccc(/C=C(\C#N)C(N)=O)cc2OC)cc1. The lowest BCUT2D eigenvalue weighted by Gasteiger charge is -2.23. The van der Waals surface area contributed by atoms with E-state index in [2.05, 4.69) is 32.9 Å². The predicted molar refractivity (Wildman–Crippen MR) is 126 cm³/mol.